The Morgan fingerprint density at radius 3 is 1.90 bits per heavy atom. The zero-order valence-corrected chi connectivity index (χ0v) is 34.1. The molecule has 0 saturated heterocycles. The van der Waals surface area contributed by atoms with Gasteiger partial charge in [0.1, 0.15) is 22.3 Å². The number of benzene rings is 8. The summed E-state index contributed by atoms with van der Waals surface area (Å²) in [6.07, 6.45) is 0. The van der Waals surface area contributed by atoms with Gasteiger partial charge in [0.25, 0.3) is 0 Å². The molecule has 0 bridgehead atoms. The fourth-order valence-electron chi connectivity index (χ4n) is 11.4. The van der Waals surface area contributed by atoms with E-state index in [1.165, 1.54) is 83.1 Å². The number of aromatic nitrogens is 1. The fourth-order valence-corrected chi connectivity index (χ4v) is 11.4. The third-order valence-electron chi connectivity index (χ3n) is 14.3. The van der Waals surface area contributed by atoms with Gasteiger partial charge in [-0.25, -0.2) is 0 Å². The van der Waals surface area contributed by atoms with Gasteiger partial charge in [0.15, 0.2) is 0 Å². The lowest BCUT2D eigenvalue weighted by molar-refractivity contribution is 0.590. The molecule has 2 aliphatic heterocycles. The topological polar surface area (TPSA) is 34.5 Å². The molecule has 11 aromatic rings. The molecule has 0 unspecified atom stereocenters. The first-order valence-corrected chi connectivity index (χ1v) is 21.2. The number of para-hydroxylation sites is 2. The van der Waals surface area contributed by atoms with E-state index in [4.69, 9.17) is 8.83 Å². The summed E-state index contributed by atoms with van der Waals surface area (Å²) in [6.45, 7) is 11.5. The third-order valence-corrected chi connectivity index (χ3v) is 14.3. The van der Waals surface area contributed by atoms with Crippen LogP contribution in [0.2, 0.25) is 0 Å². The standard InChI is InChI=1S/C55H39BN2O2/c1-54(2,3)30-18-20-31(21-19-30)58-46-26-40-33-13-7-10-16-48(33)59-50(40)28-39(46)35-22-23-36-38-24-43-37(32-12-6-9-15-42(32)55(43,4)5)25-45(38)57-47-27-41-34-14-8-11-17-49(34)60-51(41)29-44(47)56(58)52(35)53(36)57/h6-29H,1-5H3. The van der Waals surface area contributed by atoms with Crippen LogP contribution in [0.4, 0.5) is 11.4 Å². The number of hydrogen-bond donors (Lipinski definition) is 0. The van der Waals surface area contributed by atoms with Crippen LogP contribution in [0.25, 0.3) is 93.6 Å². The Morgan fingerprint density at radius 1 is 0.500 bits per heavy atom. The van der Waals surface area contributed by atoms with Crippen molar-refractivity contribution < 1.29 is 8.83 Å². The second kappa shape index (κ2) is 10.8. The molecule has 0 atom stereocenters. The summed E-state index contributed by atoms with van der Waals surface area (Å²) in [5, 5.41) is 7.09. The maximum Gasteiger partial charge on any atom is 0.333 e. The van der Waals surface area contributed by atoms with Gasteiger partial charge in [0.2, 0.25) is 0 Å². The molecule has 0 radical (unpaired) electrons. The second-order valence-electron chi connectivity index (χ2n) is 18.9. The second-order valence-corrected chi connectivity index (χ2v) is 18.9. The summed E-state index contributed by atoms with van der Waals surface area (Å²) in [7, 11) is 0. The Bertz CT molecular complexity index is 3740. The van der Waals surface area contributed by atoms with Crippen molar-refractivity contribution in [3.63, 3.8) is 0 Å². The van der Waals surface area contributed by atoms with Crippen molar-refractivity contribution in [3.05, 3.63) is 162 Å². The minimum absolute atomic E-state index is 0.0274. The molecule has 5 heteroatoms. The van der Waals surface area contributed by atoms with E-state index in [1.54, 1.807) is 0 Å². The molecular weight excluding hydrogens is 731 g/mol. The van der Waals surface area contributed by atoms with E-state index in [-0.39, 0.29) is 17.7 Å². The van der Waals surface area contributed by atoms with Crippen LogP contribution in [0.5, 0.6) is 0 Å². The summed E-state index contributed by atoms with van der Waals surface area (Å²) in [5.41, 5.74) is 21.3. The highest BCUT2D eigenvalue weighted by Gasteiger charge is 2.45. The molecule has 3 aromatic heterocycles. The van der Waals surface area contributed by atoms with Crippen molar-refractivity contribution in [3.8, 4) is 27.9 Å². The fraction of sp³-hybridized carbons (Fsp3) is 0.127. The van der Waals surface area contributed by atoms with E-state index in [1.807, 2.05) is 0 Å². The van der Waals surface area contributed by atoms with Crippen LogP contribution >= 0.6 is 0 Å². The van der Waals surface area contributed by atoms with Gasteiger partial charge in [-0.15, -0.1) is 0 Å². The van der Waals surface area contributed by atoms with Crippen molar-refractivity contribution >= 4 is 94.8 Å². The van der Waals surface area contributed by atoms with E-state index < -0.39 is 0 Å². The molecule has 0 amide bonds. The summed E-state index contributed by atoms with van der Waals surface area (Å²) >= 11 is 0. The molecular formula is C55H39BN2O2. The maximum absolute atomic E-state index is 6.73. The summed E-state index contributed by atoms with van der Waals surface area (Å²) in [6, 6.07) is 54.4. The number of furan rings is 2. The molecule has 284 valence electrons. The summed E-state index contributed by atoms with van der Waals surface area (Å²) in [5.74, 6) is 0. The third kappa shape index (κ3) is 3.98. The van der Waals surface area contributed by atoms with Gasteiger partial charge in [0, 0.05) is 60.4 Å². The van der Waals surface area contributed by atoms with Crippen molar-refractivity contribution in [2.75, 3.05) is 4.81 Å². The summed E-state index contributed by atoms with van der Waals surface area (Å²) in [4.78, 5) is 2.61. The Morgan fingerprint density at radius 2 is 1.17 bits per heavy atom. The average Bonchev–Trinajstić information content (AvgIpc) is 3.97. The molecule has 3 aliphatic rings. The van der Waals surface area contributed by atoms with Crippen molar-refractivity contribution in [1.29, 1.82) is 0 Å². The Labute approximate surface area is 347 Å². The molecule has 4 nitrogen and oxygen atoms in total. The molecule has 0 spiro atoms. The molecule has 60 heavy (non-hydrogen) atoms. The van der Waals surface area contributed by atoms with Crippen LogP contribution < -0.4 is 15.7 Å². The Kier molecular flexibility index (Phi) is 5.92. The highest BCUT2D eigenvalue weighted by atomic mass is 16.3. The van der Waals surface area contributed by atoms with E-state index in [9.17, 15) is 0 Å². The molecule has 5 heterocycles. The lowest BCUT2D eigenvalue weighted by Crippen LogP contribution is -2.60. The molecule has 8 aromatic carbocycles. The van der Waals surface area contributed by atoms with Crippen molar-refractivity contribution in [2.45, 2.75) is 45.4 Å². The number of nitrogens with zero attached hydrogens (tertiary/aromatic N) is 2. The predicted octanol–water partition coefficient (Wildman–Crippen LogP) is 13.4. The predicted molar refractivity (Wildman–Crippen MR) is 251 cm³/mol. The highest BCUT2D eigenvalue weighted by Crippen LogP contribution is 2.53. The highest BCUT2D eigenvalue weighted by molar-refractivity contribution is 6.94. The van der Waals surface area contributed by atoms with Gasteiger partial charge in [-0.3, -0.25) is 0 Å². The van der Waals surface area contributed by atoms with Gasteiger partial charge in [0.05, 0.1) is 11.0 Å². The first kappa shape index (κ1) is 32.9. The van der Waals surface area contributed by atoms with Crippen molar-refractivity contribution in [1.82, 2.24) is 4.57 Å². The number of fused-ring (bicyclic) bond motifs is 17. The average molecular weight is 771 g/mol. The Hall–Kier alpha value is -6.98. The van der Waals surface area contributed by atoms with Crippen LogP contribution in [-0.4, -0.2) is 11.4 Å². The van der Waals surface area contributed by atoms with Crippen LogP contribution in [0.3, 0.4) is 0 Å². The Balaban J connectivity index is 1.16. The van der Waals surface area contributed by atoms with Gasteiger partial charge >= 0.3 is 6.85 Å². The first-order chi connectivity index (χ1) is 29.1. The number of anilines is 2. The first-order valence-electron chi connectivity index (χ1n) is 21.2. The number of hydrogen-bond acceptors (Lipinski definition) is 3. The van der Waals surface area contributed by atoms with Crippen molar-refractivity contribution in [2.24, 2.45) is 0 Å². The normalized spacial score (nSPS) is 14.8. The maximum atomic E-state index is 6.73. The quantitative estimate of drug-likeness (QED) is 0.156. The van der Waals surface area contributed by atoms with Gasteiger partial charge < -0.3 is 18.2 Å². The minimum Gasteiger partial charge on any atom is -0.456 e. The van der Waals surface area contributed by atoms with Gasteiger partial charge in [-0.1, -0.05) is 120 Å². The lowest BCUT2D eigenvalue weighted by atomic mass is 9.44. The van der Waals surface area contributed by atoms with Crippen LogP contribution in [-0.2, 0) is 10.8 Å². The number of rotatable bonds is 1. The lowest BCUT2D eigenvalue weighted by Gasteiger charge is -2.42. The molecule has 0 saturated carbocycles. The van der Waals surface area contributed by atoms with Crippen LogP contribution in [0.1, 0.15) is 51.3 Å². The molecule has 1 aliphatic carbocycles. The SMILES string of the molecule is CC(C)(C)c1ccc(N2B3c4cc5oc6ccccc6c5cc4-n4c5cc6c(cc5c5ccc(c3c54)-c3cc4oc5ccccc5c4cc32)C(C)(C)c2ccccc2-6)cc1. The molecule has 0 fully saturated rings. The van der Waals surface area contributed by atoms with E-state index in [2.05, 4.69) is 190 Å². The monoisotopic (exact) mass is 770 g/mol. The zero-order valence-electron chi connectivity index (χ0n) is 34.1. The molecule has 14 rings (SSSR count). The van der Waals surface area contributed by atoms with E-state index >= 15 is 0 Å². The zero-order chi connectivity index (χ0) is 40.0. The van der Waals surface area contributed by atoms with Gasteiger partial charge in [-0.05, 0) is 110 Å². The van der Waals surface area contributed by atoms with E-state index in [0.717, 1.165) is 49.6 Å². The summed E-state index contributed by atoms with van der Waals surface area (Å²) < 4.78 is 15.9. The van der Waals surface area contributed by atoms with E-state index in [0.29, 0.717) is 0 Å². The minimum atomic E-state index is -0.138. The van der Waals surface area contributed by atoms with Crippen LogP contribution in [0.15, 0.2) is 154 Å². The molecule has 0 N–H and O–H groups in total. The van der Waals surface area contributed by atoms with Gasteiger partial charge in [-0.2, -0.15) is 0 Å². The smallest absolute Gasteiger partial charge is 0.333 e. The largest absolute Gasteiger partial charge is 0.456 e. The van der Waals surface area contributed by atoms with Crippen LogP contribution in [0, 0.1) is 0 Å².